The molecule has 1 N–H and O–H groups in total. The number of aliphatic hydroxyl groups is 1. The maximum atomic E-state index is 11.5. The highest BCUT2D eigenvalue weighted by atomic mass is 16.3. The molecule has 1 heterocycles. The number of carbonyl (C=O) groups is 1. The zero-order chi connectivity index (χ0) is 10.4. The number of likely N-dealkylation sites (tertiary alicyclic amines) is 1. The monoisotopic (exact) mass is 196 g/mol. The van der Waals surface area contributed by atoms with E-state index >= 15 is 0 Å². The van der Waals surface area contributed by atoms with Crippen molar-refractivity contribution in [1.29, 1.82) is 5.26 Å². The Morgan fingerprint density at radius 1 is 1.57 bits per heavy atom. The van der Waals surface area contributed by atoms with E-state index in [-0.39, 0.29) is 25.0 Å². The second-order valence-corrected chi connectivity index (χ2v) is 3.58. The Labute approximate surface area is 84.1 Å². The molecule has 14 heavy (non-hydrogen) atoms. The van der Waals surface area contributed by atoms with E-state index in [1.54, 1.807) is 4.90 Å². The summed E-state index contributed by atoms with van der Waals surface area (Å²) < 4.78 is 0. The molecule has 4 nitrogen and oxygen atoms in total. The van der Waals surface area contributed by atoms with Gasteiger partial charge in [-0.25, -0.2) is 0 Å². The molecule has 1 saturated heterocycles. The van der Waals surface area contributed by atoms with Crippen molar-refractivity contribution in [3.8, 4) is 6.07 Å². The van der Waals surface area contributed by atoms with Gasteiger partial charge in [0.2, 0.25) is 5.91 Å². The fourth-order valence-electron chi connectivity index (χ4n) is 1.95. The number of rotatable bonds is 3. The van der Waals surface area contributed by atoms with Gasteiger partial charge in [-0.05, 0) is 25.7 Å². The normalized spacial score (nSPS) is 21.7. The number of piperidine rings is 1. The van der Waals surface area contributed by atoms with Crippen molar-refractivity contribution in [2.24, 2.45) is 0 Å². The zero-order valence-electron chi connectivity index (χ0n) is 8.28. The van der Waals surface area contributed by atoms with E-state index < -0.39 is 0 Å². The first-order valence-corrected chi connectivity index (χ1v) is 5.07. The average Bonchev–Trinajstić information content (AvgIpc) is 2.19. The van der Waals surface area contributed by atoms with Gasteiger partial charge in [0.25, 0.3) is 0 Å². The second-order valence-electron chi connectivity index (χ2n) is 3.58. The maximum Gasteiger partial charge on any atom is 0.237 e. The largest absolute Gasteiger partial charge is 0.396 e. The molecule has 1 atom stereocenters. The Hall–Kier alpha value is -1.08. The molecule has 0 spiro atoms. The Balaban J connectivity index is 2.53. The van der Waals surface area contributed by atoms with Gasteiger partial charge < -0.3 is 10.0 Å². The lowest BCUT2D eigenvalue weighted by Gasteiger charge is -2.35. The molecule has 0 aromatic carbocycles. The highest BCUT2D eigenvalue weighted by molar-refractivity contribution is 5.78. The van der Waals surface area contributed by atoms with Gasteiger partial charge in [-0.2, -0.15) is 5.26 Å². The van der Waals surface area contributed by atoms with Gasteiger partial charge in [-0.3, -0.25) is 4.79 Å². The van der Waals surface area contributed by atoms with Crippen molar-refractivity contribution in [3.05, 3.63) is 0 Å². The molecule has 1 amide bonds. The summed E-state index contributed by atoms with van der Waals surface area (Å²) in [4.78, 5) is 13.3. The van der Waals surface area contributed by atoms with E-state index in [4.69, 9.17) is 10.4 Å². The standard InChI is InChI=1S/C10H16N2O2/c11-6-4-10(14)12-7-2-1-3-9(12)5-8-13/h9,13H,1-5,7-8H2. The van der Waals surface area contributed by atoms with Crippen LogP contribution in [0.2, 0.25) is 0 Å². The third-order valence-electron chi connectivity index (χ3n) is 2.64. The lowest BCUT2D eigenvalue weighted by molar-refractivity contribution is -0.134. The van der Waals surface area contributed by atoms with Crippen molar-refractivity contribution in [2.45, 2.75) is 38.1 Å². The summed E-state index contributed by atoms with van der Waals surface area (Å²) in [6.07, 6.45) is 3.68. The molecule has 0 saturated carbocycles. The van der Waals surface area contributed by atoms with Gasteiger partial charge in [0.05, 0.1) is 6.07 Å². The first kappa shape index (κ1) is 11.0. The van der Waals surface area contributed by atoms with Crippen LogP contribution in [0.15, 0.2) is 0 Å². The van der Waals surface area contributed by atoms with Gasteiger partial charge in [-0.15, -0.1) is 0 Å². The summed E-state index contributed by atoms with van der Waals surface area (Å²) in [7, 11) is 0. The number of aliphatic hydroxyl groups excluding tert-OH is 1. The highest BCUT2D eigenvalue weighted by Crippen LogP contribution is 2.19. The van der Waals surface area contributed by atoms with Crippen LogP contribution < -0.4 is 0 Å². The van der Waals surface area contributed by atoms with Crippen LogP contribution >= 0.6 is 0 Å². The first-order chi connectivity index (χ1) is 6.79. The van der Waals surface area contributed by atoms with Crippen LogP contribution in [0.5, 0.6) is 0 Å². The number of hydrogen-bond donors (Lipinski definition) is 1. The molecule has 1 fully saturated rings. The van der Waals surface area contributed by atoms with E-state index in [0.29, 0.717) is 6.42 Å². The number of hydrogen-bond acceptors (Lipinski definition) is 3. The predicted octanol–water partition coefficient (Wildman–Crippen LogP) is 0.664. The number of nitrogens with zero attached hydrogens (tertiary/aromatic N) is 2. The molecule has 4 heteroatoms. The van der Waals surface area contributed by atoms with Crippen molar-refractivity contribution in [1.82, 2.24) is 4.90 Å². The second kappa shape index (κ2) is 5.61. The molecule has 0 aliphatic carbocycles. The minimum Gasteiger partial charge on any atom is -0.396 e. The summed E-state index contributed by atoms with van der Waals surface area (Å²) in [6.45, 7) is 0.853. The van der Waals surface area contributed by atoms with E-state index in [0.717, 1.165) is 25.8 Å². The minimum absolute atomic E-state index is 0.0398. The van der Waals surface area contributed by atoms with E-state index in [1.807, 2.05) is 6.07 Å². The number of carbonyl (C=O) groups excluding carboxylic acids is 1. The minimum atomic E-state index is -0.0920. The van der Waals surface area contributed by atoms with E-state index in [2.05, 4.69) is 0 Å². The molecular formula is C10H16N2O2. The molecule has 1 rings (SSSR count). The van der Waals surface area contributed by atoms with Crippen LogP contribution in [0, 0.1) is 11.3 Å². The van der Waals surface area contributed by atoms with E-state index in [1.165, 1.54) is 0 Å². The van der Waals surface area contributed by atoms with Crippen LogP contribution in [-0.4, -0.2) is 35.1 Å². The quantitative estimate of drug-likeness (QED) is 0.721. The van der Waals surface area contributed by atoms with Crippen molar-refractivity contribution in [2.75, 3.05) is 13.2 Å². The molecule has 0 bridgehead atoms. The smallest absolute Gasteiger partial charge is 0.237 e. The van der Waals surface area contributed by atoms with Gasteiger partial charge in [0.15, 0.2) is 0 Å². The van der Waals surface area contributed by atoms with Crippen LogP contribution in [0.1, 0.15) is 32.1 Å². The summed E-state index contributed by atoms with van der Waals surface area (Å²) in [5.41, 5.74) is 0. The third kappa shape index (κ3) is 2.71. The Bertz CT molecular complexity index is 233. The van der Waals surface area contributed by atoms with E-state index in [9.17, 15) is 4.79 Å². The van der Waals surface area contributed by atoms with Gasteiger partial charge >= 0.3 is 0 Å². The summed E-state index contributed by atoms with van der Waals surface area (Å²) in [5, 5.41) is 17.3. The number of amides is 1. The van der Waals surface area contributed by atoms with Crippen LogP contribution in [0.25, 0.3) is 0 Å². The number of nitriles is 1. The summed E-state index contributed by atoms with van der Waals surface area (Å²) in [6, 6.07) is 2.02. The highest BCUT2D eigenvalue weighted by Gasteiger charge is 2.25. The van der Waals surface area contributed by atoms with Crippen molar-refractivity contribution < 1.29 is 9.90 Å². The molecule has 1 aliphatic rings. The zero-order valence-corrected chi connectivity index (χ0v) is 8.28. The SMILES string of the molecule is N#CCC(=O)N1CCCCC1CCO. The Morgan fingerprint density at radius 3 is 3.00 bits per heavy atom. The van der Waals surface area contributed by atoms with Gasteiger partial charge in [-0.1, -0.05) is 0 Å². The first-order valence-electron chi connectivity index (χ1n) is 5.07. The average molecular weight is 196 g/mol. The summed E-state index contributed by atoms with van der Waals surface area (Å²) in [5.74, 6) is -0.0920. The fraction of sp³-hybridized carbons (Fsp3) is 0.800. The molecule has 0 aromatic heterocycles. The van der Waals surface area contributed by atoms with Crippen molar-refractivity contribution >= 4 is 5.91 Å². The molecule has 0 radical (unpaired) electrons. The van der Waals surface area contributed by atoms with Gasteiger partial charge in [0, 0.05) is 19.2 Å². The fourth-order valence-corrected chi connectivity index (χ4v) is 1.95. The van der Waals surface area contributed by atoms with Crippen molar-refractivity contribution in [3.63, 3.8) is 0 Å². The molecule has 0 aromatic rings. The molecule has 1 aliphatic heterocycles. The molecule has 1 unspecified atom stereocenters. The predicted molar refractivity (Wildman–Crippen MR) is 51.3 cm³/mol. The molecular weight excluding hydrogens is 180 g/mol. The lowest BCUT2D eigenvalue weighted by atomic mass is 9.99. The van der Waals surface area contributed by atoms with Crippen LogP contribution in [0.3, 0.4) is 0 Å². The summed E-state index contributed by atoms with van der Waals surface area (Å²) >= 11 is 0. The topological polar surface area (TPSA) is 64.3 Å². The molecule has 78 valence electrons. The Morgan fingerprint density at radius 2 is 2.36 bits per heavy atom. The third-order valence-corrected chi connectivity index (χ3v) is 2.64. The lowest BCUT2D eigenvalue weighted by Crippen LogP contribution is -2.43. The Kier molecular flexibility index (Phi) is 4.41. The maximum absolute atomic E-state index is 11.5. The van der Waals surface area contributed by atoms with Gasteiger partial charge in [0.1, 0.15) is 6.42 Å². The van der Waals surface area contributed by atoms with Crippen LogP contribution in [-0.2, 0) is 4.79 Å². The van der Waals surface area contributed by atoms with Crippen LogP contribution in [0.4, 0.5) is 0 Å².